The summed E-state index contributed by atoms with van der Waals surface area (Å²) in [6.07, 6.45) is -0.204. The first-order valence-corrected chi connectivity index (χ1v) is 10.3. The van der Waals surface area contributed by atoms with Gasteiger partial charge in [-0.2, -0.15) is 0 Å². The van der Waals surface area contributed by atoms with Crippen LogP contribution in [-0.4, -0.2) is 40.3 Å². The van der Waals surface area contributed by atoms with Crippen molar-refractivity contribution in [2.75, 3.05) is 6.61 Å². The minimum Gasteiger partial charge on any atom is -0.459 e. The molecule has 2 aromatic carbocycles. The Bertz CT molecular complexity index is 1060. The molecular formula is C22H18Cl2N2O5. The van der Waals surface area contributed by atoms with Crippen LogP contribution in [0.1, 0.15) is 33.4 Å². The van der Waals surface area contributed by atoms with Crippen LogP contribution in [0.2, 0.25) is 10.3 Å². The topological polar surface area (TPSA) is 79.7 Å². The van der Waals surface area contributed by atoms with E-state index in [1.165, 1.54) is 6.33 Å². The largest absolute Gasteiger partial charge is 0.459 e. The number of hydrogen-bond donors (Lipinski definition) is 0. The third kappa shape index (κ3) is 4.90. The molecule has 0 amide bonds. The van der Waals surface area contributed by atoms with Gasteiger partial charge >= 0.3 is 11.9 Å². The van der Waals surface area contributed by atoms with Gasteiger partial charge in [0, 0.05) is 6.42 Å². The molecule has 160 valence electrons. The molecule has 0 aliphatic carbocycles. The average Bonchev–Trinajstić information content (AvgIpc) is 3.35. The molecule has 2 heterocycles. The molecule has 3 atom stereocenters. The summed E-state index contributed by atoms with van der Waals surface area (Å²) >= 11 is 12.1. The molecule has 1 fully saturated rings. The van der Waals surface area contributed by atoms with Crippen molar-refractivity contribution in [3.8, 4) is 0 Å². The summed E-state index contributed by atoms with van der Waals surface area (Å²) < 4.78 is 18.6. The monoisotopic (exact) mass is 460 g/mol. The Morgan fingerprint density at radius 1 is 1.00 bits per heavy atom. The van der Waals surface area contributed by atoms with Crippen LogP contribution in [0, 0.1) is 0 Å². The van der Waals surface area contributed by atoms with E-state index >= 15 is 0 Å². The van der Waals surface area contributed by atoms with Gasteiger partial charge in [-0.3, -0.25) is 4.57 Å². The van der Waals surface area contributed by atoms with E-state index in [1.54, 1.807) is 59.2 Å². The first-order valence-electron chi connectivity index (χ1n) is 9.54. The van der Waals surface area contributed by atoms with Crippen LogP contribution in [0.25, 0.3) is 0 Å². The fourth-order valence-corrected chi connectivity index (χ4v) is 3.61. The Morgan fingerprint density at radius 3 is 2.19 bits per heavy atom. The third-order valence-corrected chi connectivity index (χ3v) is 5.59. The quantitative estimate of drug-likeness (QED) is 0.501. The lowest BCUT2D eigenvalue weighted by Crippen LogP contribution is -2.32. The molecule has 9 heteroatoms. The highest BCUT2D eigenvalue weighted by Crippen LogP contribution is 2.35. The Labute approximate surface area is 188 Å². The maximum absolute atomic E-state index is 12.6. The van der Waals surface area contributed by atoms with Crippen LogP contribution >= 0.6 is 23.2 Å². The number of esters is 2. The van der Waals surface area contributed by atoms with E-state index in [1.807, 2.05) is 6.07 Å². The highest BCUT2D eigenvalue weighted by molar-refractivity contribution is 6.40. The Hall–Kier alpha value is -2.87. The van der Waals surface area contributed by atoms with Crippen LogP contribution in [0.3, 0.4) is 0 Å². The van der Waals surface area contributed by atoms with Crippen molar-refractivity contribution >= 4 is 35.1 Å². The number of hydrogen-bond acceptors (Lipinski definition) is 6. The number of carbonyl (C=O) groups is 2. The fourth-order valence-electron chi connectivity index (χ4n) is 3.26. The van der Waals surface area contributed by atoms with E-state index < -0.39 is 30.4 Å². The zero-order valence-electron chi connectivity index (χ0n) is 16.2. The van der Waals surface area contributed by atoms with E-state index in [0.717, 1.165) is 0 Å². The second-order valence-corrected chi connectivity index (χ2v) is 7.59. The molecule has 0 spiro atoms. The molecule has 1 aliphatic rings. The summed E-state index contributed by atoms with van der Waals surface area (Å²) in [7, 11) is 0. The minimum atomic E-state index is -0.692. The summed E-state index contributed by atoms with van der Waals surface area (Å²) in [5.74, 6) is -0.992. The summed E-state index contributed by atoms with van der Waals surface area (Å²) in [6, 6.07) is 17.2. The van der Waals surface area contributed by atoms with Gasteiger partial charge in [0.05, 0.1) is 17.5 Å². The van der Waals surface area contributed by atoms with Gasteiger partial charge < -0.3 is 14.2 Å². The van der Waals surface area contributed by atoms with Crippen LogP contribution in [0.5, 0.6) is 0 Å². The number of benzene rings is 2. The van der Waals surface area contributed by atoms with Gasteiger partial charge in [0.1, 0.15) is 30.2 Å². The minimum absolute atomic E-state index is 0.100. The second kappa shape index (κ2) is 9.51. The highest BCUT2D eigenvalue weighted by atomic mass is 35.5. The molecule has 0 saturated carbocycles. The molecule has 31 heavy (non-hydrogen) atoms. The lowest BCUT2D eigenvalue weighted by atomic mass is 10.1. The van der Waals surface area contributed by atoms with Gasteiger partial charge in [0.25, 0.3) is 0 Å². The molecule has 7 nitrogen and oxygen atoms in total. The van der Waals surface area contributed by atoms with Crippen LogP contribution < -0.4 is 0 Å². The third-order valence-electron chi connectivity index (χ3n) is 4.84. The van der Waals surface area contributed by atoms with Crippen molar-refractivity contribution in [3.63, 3.8) is 0 Å². The molecule has 1 aromatic heterocycles. The van der Waals surface area contributed by atoms with Crippen LogP contribution in [-0.2, 0) is 14.2 Å². The summed E-state index contributed by atoms with van der Waals surface area (Å²) in [4.78, 5) is 28.8. The van der Waals surface area contributed by atoms with Crippen LogP contribution in [0.4, 0.5) is 0 Å². The lowest BCUT2D eigenvalue weighted by Gasteiger charge is -2.19. The van der Waals surface area contributed by atoms with E-state index in [9.17, 15) is 9.59 Å². The molecule has 0 unspecified atom stereocenters. The zero-order chi connectivity index (χ0) is 21.8. The summed E-state index contributed by atoms with van der Waals surface area (Å²) in [5.41, 5.74) is 0.828. The maximum atomic E-state index is 12.6. The molecule has 1 saturated heterocycles. The van der Waals surface area contributed by atoms with Crippen molar-refractivity contribution in [1.29, 1.82) is 0 Å². The standard InChI is InChI=1S/C22H18Cl2N2O5/c23-19-20(24)26(13-25-19)18-11-16(31-22(28)15-9-5-2-6-10-15)17(30-18)12-29-21(27)14-7-3-1-4-8-14/h1-10,13,16-18H,11-12H2/t16-,17+,18+/m0/s1. The van der Waals surface area contributed by atoms with Gasteiger partial charge in [-0.15, -0.1) is 0 Å². The SMILES string of the molecule is O=C(OC[C@H]1O[C@@H](n2cnc(Cl)c2Cl)C[C@@H]1OC(=O)c1ccccc1)c1ccccc1. The normalized spacial score (nSPS) is 20.4. The molecule has 4 rings (SSSR count). The zero-order valence-corrected chi connectivity index (χ0v) is 17.7. The lowest BCUT2D eigenvalue weighted by molar-refractivity contribution is -0.0570. The molecular weight excluding hydrogens is 443 g/mol. The number of halogens is 2. The smallest absolute Gasteiger partial charge is 0.338 e. The number of nitrogens with zero attached hydrogens (tertiary/aromatic N) is 2. The van der Waals surface area contributed by atoms with Crippen molar-refractivity contribution < 1.29 is 23.8 Å². The molecule has 1 aliphatic heterocycles. The molecule has 0 bridgehead atoms. The van der Waals surface area contributed by atoms with Crippen LogP contribution in [0.15, 0.2) is 67.0 Å². The van der Waals surface area contributed by atoms with E-state index in [-0.39, 0.29) is 16.9 Å². The predicted molar refractivity (Wildman–Crippen MR) is 113 cm³/mol. The first kappa shape index (κ1) is 21.4. The Balaban J connectivity index is 1.48. The molecule has 0 radical (unpaired) electrons. The van der Waals surface area contributed by atoms with Gasteiger partial charge in [-0.25, -0.2) is 14.6 Å². The van der Waals surface area contributed by atoms with Gasteiger partial charge in [-0.1, -0.05) is 59.6 Å². The maximum Gasteiger partial charge on any atom is 0.338 e. The summed E-state index contributed by atoms with van der Waals surface area (Å²) in [5, 5.41) is 0.351. The Kier molecular flexibility index (Phi) is 6.56. The summed E-state index contributed by atoms with van der Waals surface area (Å²) in [6.45, 7) is -0.100. The van der Waals surface area contributed by atoms with Gasteiger partial charge in [0.15, 0.2) is 5.15 Å². The van der Waals surface area contributed by atoms with Crippen molar-refractivity contribution in [2.24, 2.45) is 0 Å². The number of ether oxygens (including phenoxy) is 3. The van der Waals surface area contributed by atoms with E-state index in [2.05, 4.69) is 4.98 Å². The number of carbonyl (C=O) groups excluding carboxylic acids is 2. The number of imidazole rings is 1. The van der Waals surface area contributed by atoms with Crippen molar-refractivity contribution in [3.05, 3.63) is 88.4 Å². The van der Waals surface area contributed by atoms with E-state index in [4.69, 9.17) is 37.4 Å². The average molecular weight is 461 g/mol. The first-order chi connectivity index (χ1) is 15.0. The molecule has 3 aromatic rings. The fraction of sp³-hybridized carbons (Fsp3) is 0.227. The van der Waals surface area contributed by atoms with Gasteiger partial charge in [0.2, 0.25) is 0 Å². The second-order valence-electron chi connectivity index (χ2n) is 6.87. The molecule has 0 N–H and O–H groups in total. The Morgan fingerprint density at radius 2 is 1.61 bits per heavy atom. The highest BCUT2D eigenvalue weighted by Gasteiger charge is 2.40. The predicted octanol–water partition coefficient (Wildman–Crippen LogP) is 4.56. The number of rotatable bonds is 6. The number of aromatic nitrogens is 2. The van der Waals surface area contributed by atoms with Crippen molar-refractivity contribution in [2.45, 2.75) is 24.9 Å². The van der Waals surface area contributed by atoms with Crippen molar-refractivity contribution in [1.82, 2.24) is 9.55 Å². The van der Waals surface area contributed by atoms with Gasteiger partial charge in [-0.05, 0) is 24.3 Å². The van der Waals surface area contributed by atoms with E-state index in [0.29, 0.717) is 17.5 Å².